The van der Waals surface area contributed by atoms with Gasteiger partial charge in [-0.25, -0.2) is 4.57 Å². The van der Waals surface area contributed by atoms with Crippen LogP contribution in [0.3, 0.4) is 0 Å². The molecule has 0 saturated carbocycles. The van der Waals surface area contributed by atoms with E-state index in [2.05, 4.69) is 18.4 Å². The van der Waals surface area contributed by atoms with Gasteiger partial charge in [0.1, 0.15) is 6.61 Å². The molecule has 0 saturated heterocycles. The van der Waals surface area contributed by atoms with Crippen molar-refractivity contribution in [3.63, 3.8) is 0 Å². The molecule has 0 aliphatic heterocycles. The fourth-order valence-corrected chi connectivity index (χ4v) is 7.30. The minimum atomic E-state index is -4.25. The zero-order valence-electron chi connectivity index (χ0n) is 35.2. The molecule has 316 valence electrons. The van der Waals surface area contributed by atoms with E-state index in [0.717, 1.165) is 45.6 Å². The molecule has 0 amide bonds. The van der Waals surface area contributed by atoms with Crippen LogP contribution in [0.5, 0.6) is 0 Å². The van der Waals surface area contributed by atoms with Crippen LogP contribution in [0.1, 0.15) is 245 Å². The van der Waals surface area contributed by atoms with Gasteiger partial charge in [0.2, 0.25) is 0 Å². The van der Waals surface area contributed by atoms with Gasteiger partial charge in [-0.05, 0) is 12.8 Å². The lowest BCUT2D eigenvalue weighted by atomic mass is 10.0. The van der Waals surface area contributed by atoms with E-state index in [1.54, 1.807) is 0 Å². The van der Waals surface area contributed by atoms with Crippen LogP contribution in [-0.2, 0) is 32.7 Å². The summed E-state index contributed by atoms with van der Waals surface area (Å²) in [5, 5.41) is 0. The van der Waals surface area contributed by atoms with Crippen LogP contribution in [0.25, 0.3) is 0 Å². The van der Waals surface area contributed by atoms with E-state index in [0.29, 0.717) is 6.42 Å². The van der Waals surface area contributed by atoms with Gasteiger partial charge in [0.15, 0.2) is 6.10 Å². The van der Waals surface area contributed by atoms with E-state index in [1.807, 2.05) is 0 Å². The molecule has 8 nitrogen and oxygen atoms in total. The average molecular weight is 775 g/mol. The second-order valence-corrected chi connectivity index (χ2v) is 17.1. The van der Waals surface area contributed by atoms with Crippen LogP contribution >= 0.6 is 7.82 Å². The summed E-state index contributed by atoms with van der Waals surface area (Å²) in [5.41, 5.74) is 0. The predicted molar refractivity (Wildman–Crippen MR) is 221 cm³/mol. The number of hydrogen-bond acceptors (Lipinski definition) is 7. The normalized spacial score (nSPS) is 13.2. The first-order chi connectivity index (χ1) is 25.8. The Labute approximate surface area is 328 Å². The van der Waals surface area contributed by atoms with Gasteiger partial charge >= 0.3 is 19.8 Å². The number of phosphoric acid groups is 1. The van der Waals surface area contributed by atoms with Gasteiger partial charge in [-0.3, -0.25) is 18.6 Å². The number of unbranched alkanes of at least 4 members (excludes halogenated alkanes) is 32. The molecule has 1 N–H and O–H groups in total. The zero-order valence-corrected chi connectivity index (χ0v) is 36.1. The molecule has 2 atom stereocenters. The molecule has 0 aliphatic rings. The first-order valence-electron chi connectivity index (χ1n) is 22.7. The van der Waals surface area contributed by atoms with Crippen LogP contribution < -0.4 is 0 Å². The third-order valence-corrected chi connectivity index (χ3v) is 11.3. The van der Waals surface area contributed by atoms with Gasteiger partial charge in [-0.15, -0.1) is 0 Å². The third kappa shape index (κ3) is 40.5. The van der Waals surface area contributed by atoms with Crippen molar-refractivity contribution in [3.05, 3.63) is 0 Å². The quantitative estimate of drug-likeness (QED) is 0.0370. The highest BCUT2D eigenvalue weighted by atomic mass is 31.2. The summed E-state index contributed by atoms with van der Waals surface area (Å²) in [7, 11) is -3.19. The lowest BCUT2D eigenvalue weighted by Crippen LogP contribution is -2.29. The maximum atomic E-state index is 12.5. The highest BCUT2D eigenvalue weighted by Crippen LogP contribution is 2.42. The van der Waals surface area contributed by atoms with E-state index in [1.165, 1.54) is 180 Å². The Morgan fingerprint density at radius 2 is 0.736 bits per heavy atom. The Morgan fingerprint density at radius 1 is 0.453 bits per heavy atom. The van der Waals surface area contributed by atoms with Crippen LogP contribution in [0.2, 0.25) is 0 Å². The van der Waals surface area contributed by atoms with E-state index >= 15 is 0 Å². The summed E-state index contributed by atoms with van der Waals surface area (Å²) in [5.74, 6) is -0.786. The van der Waals surface area contributed by atoms with Crippen molar-refractivity contribution in [1.82, 2.24) is 0 Å². The Hall–Kier alpha value is -0.950. The van der Waals surface area contributed by atoms with Crippen molar-refractivity contribution < 1.29 is 37.6 Å². The monoisotopic (exact) mass is 775 g/mol. The molecule has 0 spiro atoms. The third-order valence-electron chi connectivity index (χ3n) is 10.4. The molecule has 0 aromatic carbocycles. The highest BCUT2D eigenvalue weighted by molar-refractivity contribution is 7.47. The van der Waals surface area contributed by atoms with Gasteiger partial charge in [0.05, 0.1) is 6.61 Å². The van der Waals surface area contributed by atoms with Crippen LogP contribution in [0, 0.1) is 0 Å². The molecule has 2 unspecified atom stereocenters. The molecule has 0 rings (SSSR count). The maximum Gasteiger partial charge on any atom is 0.472 e. The number of phosphoric ester groups is 1. The Kier molecular flexibility index (Phi) is 40.0. The summed E-state index contributed by atoms with van der Waals surface area (Å²) in [6.07, 6.45) is 43.0. The lowest BCUT2D eigenvalue weighted by Gasteiger charge is -2.19. The van der Waals surface area contributed by atoms with Crippen molar-refractivity contribution >= 4 is 19.8 Å². The second kappa shape index (κ2) is 40.7. The van der Waals surface area contributed by atoms with Gasteiger partial charge < -0.3 is 14.4 Å². The summed E-state index contributed by atoms with van der Waals surface area (Å²) in [6.45, 7) is 3.92. The van der Waals surface area contributed by atoms with Crippen molar-refractivity contribution in [2.45, 2.75) is 251 Å². The van der Waals surface area contributed by atoms with E-state index < -0.39 is 26.5 Å². The second-order valence-electron chi connectivity index (χ2n) is 15.6. The first-order valence-corrected chi connectivity index (χ1v) is 24.2. The molecule has 0 aromatic rings. The van der Waals surface area contributed by atoms with E-state index in [4.69, 9.17) is 14.0 Å². The van der Waals surface area contributed by atoms with Gasteiger partial charge in [0.25, 0.3) is 0 Å². The Balaban J connectivity index is 3.88. The topological polar surface area (TPSA) is 108 Å². The largest absolute Gasteiger partial charge is 0.472 e. The molecule has 0 radical (unpaired) electrons. The Morgan fingerprint density at radius 3 is 1.04 bits per heavy atom. The average Bonchev–Trinajstić information content (AvgIpc) is 3.15. The Bertz CT molecular complexity index is 838. The maximum absolute atomic E-state index is 12.5. The fourth-order valence-electron chi connectivity index (χ4n) is 6.84. The van der Waals surface area contributed by atoms with Crippen molar-refractivity contribution in [2.24, 2.45) is 0 Å². The van der Waals surface area contributed by atoms with Crippen LogP contribution in [-0.4, -0.2) is 43.3 Å². The first kappa shape index (κ1) is 52.0. The minimum Gasteiger partial charge on any atom is -0.462 e. The van der Waals surface area contributed by atoms with Gasteiger partial charge in [-0.2, -0.15) is 0 Å². The zero-order chi connectivity index (χ0) is 38.9. The number of rotatable bonds is 43. The number of esters is 2. The molecule has 0 heterocycles. The van der Waals surface area contributed by atoms with Crippen molar-refractivity contribution in [2.75, 3.05) is 20.3 Å². The van der Waals surface area contributed by atoms with Gasteiger partial charge in [-0.1, -0.05) is 219 Å². The summed E-state index contributed by atoms with van der Waals surface area (Å²) in [6, 6.07) is 0. The van der Waals surface area contributed by atoms with E-state index in [9.17, 15) is 19.0 Å². The predicted octanol–water partition coefficient (Wildman–Crippen LogP) is 14.3. The number of carbonyl (C=O) groups is 2. The summed E-state index contributed by atoms with van der Waals surface area (Å²) >= 11 is 0. The molecule has 53 heavy (non-hydrogen) atoms. The summed E-state index contributed by atoms with van der Waals surface area (Å²) in [4.78, 5) is 34.5. The van der Waals surface area contributed by atoms with Crippen molar-refractivity contribution in [1.29, 1.82) is 0 Å². The van der Waals surface area contributed by atoms with Crippen molar-refractivity contribution in [3.8, 4) is 0 Å². The minimum absolute atomic E-state index is 0.216. The molecule has 0 bridgehead atoms. The molecule has 0 aromatic heterocycles. The molecular weight excluding hydrogens is 687 g/mol. The van der Waals surface area contributed by atoms with Crippen LogP contribution in [0.4, 0.5) is 0 Å². The highest BCUT2D eigenvalue weighted by Gasteiger charge is 2.24. The fraction of sp³-hybridized carbons (Fsp3) is 0.955. The lowest BCUT2D eigenvalue weighted by molar-refractivity contribution is -0.161. The number of ether oxygens (including phenoxy) is 2. The van der Waals surface area contributed by atoms with Crippen LogP contribution in [0.15, 0.2) is 0 Å². The molecular formula is C44H87O8P. The standard InChI is InChI=1S/C44H87O8P/c1-4-6-8-10-12-14-16-18-19-20-21-22-23-24-25-27-29-31-33-35-37-39-44(46)52-42(41-51-53(47,48)49-3)40-50-43(45)38-36-34-32-30-28-26-17-15-13-11-9-7-5-2/h42H,4-41H2,1-3H3,(H,47,48). The smallest absolute Gasteiger partial charge is 0.462 e. The SMILES string of the molecule is CCCCCCCCCCCCCCCCCCCCCCCC(=O)OC(COC(=O)CCCCCCCCCCCCCCC)COP(=O)(O)OC. The molecule has 0 fully saturated rings. The van der Waals surface area contributed by atoms with Gasteiger partial charge in [0, 0.05) is 20.0 Å². The number of hydrogen-bond donors (Lipinski definition) is 1. The molecule has 9 heteroatoms. The number of carbonyl (C=O) groups excluding carboxylic acids is 2. The molecule has 0 aliphatic carbocycles. The summed E-state index contributed by atoms with van der Waals surface area (Å²) < 4.78 is 32.0. The van der Waals surface area contributed by atoms with E-state index in [-0.39, 0.29) is 19.0 Å².